The molecule has 2 aliphatic rings. The molecule has 3 heterocycles. The lowest BCUT2D eigenvalue weighted by Crippen LogP contribution is -2.38. The third-order valence-electron chi connectivity index (χ3n) is 3.94. The van der Waals surface area contributed by atoms with E-state index in [0.717, 1.165) is 21.4 Å². The monoisotopic (exact) mass is 352 g/mol. The van der Waals surface area contributed by atoms with Gasteiger partial charge in [0.25, 0.3) is 0 Å². The van der Waals surface area contributed by atoms with Crippen LogP contribution in [0.5, 0.6) is 0 Å². The van der Waals surface area contributed by atoms with Crippen molar-refractivity contribution < 1.29 is 9.53 Å². The molecule has 0 saturated heterocycles. The number of rotatable bonds is 4. The second kappa shape index (κ2) is 6.70. The summed E-state index contributed by atoms with van der Waals surface area (Å²) in [6, 6.07) is 9.24. The van der Waals surface area contributed by atoms with Crippen molar-refractivity contribution in [2.45, 2.75) is 4.90 Å². The quantitative estimate of drug-likeness (QED) is 0.854. The van der Waals surface area contributed by atoms with E-state index in [0.29, 0.717) is 24.4 Å². The Hall–Kier alpha value is -2.64. The van der Waals surface area contributed by atoms with Crippen LogP contribution in [0.4, 0.5) is 5.69 Å². The number of nitrogens with one attached hydrogen (secondary N) is 1. The minimum Gasteiger partial charge on any atom is -0.364 e. The lowest BCUT2D eigenvalue weighted by Gasteiger charge is -2.34. The fraction of sp³-hybridized carbons (Fsp3) is 0.167. The number of anilines is 1. The van der Waals surface area contributed by atoms with E-state index in [2.05, 4.69) is 15.3 Å². The standard InChI is InChI=1S/C18H16N4O2S/c1-24-11-22-14-9-12(16(23)13-3-2-6-19-10-13)4-5-15(14)25-18-17(22)20-7-8-21-18/h2-6,8-10,20H,7,11H2,1H3. The number of ketones is 1. The van der Waals surface area contributed by atoms with E-state index in [9.17, 15) is 4.79 Å². The number of aromatic nitrogens is 1. The highest BCUT2D eigenvalue weighted by atomic mass is 32.2. The zero-order valence-electron chi connectivity index (χ0n) is 13.6. The molecular weight excluding hydrogens is 336 g/mol. The first-order valence-corrected chi connectivity index (χ1v) is 8.63. The molecular formula is C18H16N4O2S. The van der Waals surface area contributed by atoms with Gasteiger partial charge in [-0.05, 0) is 30.3 Å². The van der Waals surface area contributed by atoms with Crippen LogP contribution in [0.2, 0.25) is 0 Å². The smallest absolute Gasteiger partial charge is 0.194 e. The van der Waals surface area contributed by atoms with Crippen LogP contribution in [0.15, 0.2) is 63.5 Å². The molecule has 0 amide bonds. The van der Waals surface area contributed by atoms with Gasteiger partial charge in [0.2, 0.25) is 0 Å². The van der Waals surface area contributed by atoms with E-state index >= 15 is 0 Å². The average molecular weight is 352 g/mol. The number of carbonyl (C=O) groups is 1. The van der Waals surface area contributed by atoms with Crippen molar-refractivity contribution in [2.24, 2.45) is 4.99 Å². The maximum absolute atomic E-state index is 12.7. The van der Waals surface area contributed by atoms with Crippen LogP contribution < -0.4 is 10.2 Å². The summed E-state index contributed by atoms with van der Waals surface area (Å²) in [4.78, 5) is 24.3. The van der Waals surface area contributed by atoms with Gasteiger partial charge in [-0.15, -0.1) is 0 Å². The fourth-order valence-electron chi connectivity index (χ4n) is 2.80. The van der Waals surface area contributed by atoms with Crippen LogP contribution in [0.3, 0.4) is 0 Å². The average Bonchev–Trinajstić information content (AvgIpc) is 2.68. The van der Waals surface area contributed by atoms with Crippen LogP contribution in [0, 0.1) is 0 Å². The van der Waals surface area contributed by atoms with Crippen LogP contribution in [0.1, 0.15) is 15.9 Å². The van der Waals surface area contributed by atoms with Gasteiger partial charge in [-0.25, -0.2) is 4.99 Å². The molecule has 0 spiro atoms. The second-order valence-corrected chi connectivity index (χ2v) is 6.58. The molecule has 0 fully saturated rings. The second-order valence-electron chi connectivity index (χ2n) is 5.55. The maximum atomic E-state index is 12.7. The number of nitrogens with zero attached hydrogens (tertiary/aromatic N) is 3. The first-order valence-electron chi connectivity index (χ1n) is 7.81. The van der Waals surface area contributed by atoms with Gasteiger partial charge in [0.05, 0.1) is 12.2 Å². The summed E-state index contributed by atoms with van der Waals surface area (Å²) in [6.07, 6.45) is 5.09. The van der Waals surface area contributed by atoms with Gasteiger partial charge in [0.15, 0.2) is 5.78 Å². The zero-order valence-corrected chi connectivity index (χ0v) is 14.4. The van der Waals surface area contributed by atoms with Crippen molar-refractivity contribution in [2.75, 3.05) is 25.3 Å². The predicted octanol–water partition coefficient (Wildman–Crippen LogP) is 2.63. The highest BCUT2D eigenvalue weighted by Crippen LogP contribution is 2.44. The number of fused-ring (bicyclic) bond motifs is 1. The number of hydrogen-bond acceptors (Lipinski definition) is 7. The third kappa shape index (κ3) is 2.92. The molecule has 0 bridgehead atoms. The van der Waals surface area contributed by atoms with Crippen LogP contribution in [-0.4, -0.2) is 37.4 Å². The molecule has 2 aliphatic heterocycles. The topological polar surface area (TPSA) is 66.8 Å². The van der Waals surface area contributed by atoms with E-state index < -0.39 is 0 Å². The number of benzene rings is 1. The summed E-state index contributed by atoms with van der Waals surface area (Å²) in [6.45, 7) is 1.04. The van der Waals surface area contributed by atoms with Gasteiger partial charge in [0, 0.05) is 41.7 Å². The fourth-order valence-corrected chi connectivity index (χ4v) is 3.82. The van der Waals surface area contributed by atoms with Crippen molar-refractivity contribution in [3.8, 4) is 0 Å². The Balaban J connectivity index is 1.75. The maximum Gasteiger partial charge on any atom is 0.194 e. The van der Waals surface area contributed by atoms with Crippen molar-refractivity contribution in [1.29, 1.82) is 0 Å². The molecule has 0 atom stereocenters. The Morgan fingerprint density at radius 1 is 1.36 bits per heavy atom. The van der Waals surface area contributed by atoms with Gasteiger partial charge in [-0.2, -0.15) is 0 Å². The molecule has 6 nitrogen and oxygen atoms in total. The Labute approximate surface area is 149 Å². The number of pyridine rings is 1. The van der Waals surface area contributed by atoms with E-state index in [-0.39, 0.29) is 5.78 Å². The van der Waals surface area contributed by atoms with E-state index in [1.54, 1.807) is 43.4 Å². The molecule has 1 aromatic carbocycles. The lowest BCUT2D eigenvalue weighted by molar-refractivity contribution is 0.103. The van der Waals surface area contributed by atoms with Gasteiger partial charge in [0.1, 0.15) is 17.6 Å². The third-order valence-corrected chi connectivity index (χ3v) is 5.00. The van der Waals surface area contributed by atoms with E-state index in [1.165, 1.54) is 0 Å². The molecule has 126 valence electrons. The van der Waals surface area contributed by atoms with Gasteiger partial charge in [-0.3, -0.25) is 9.78 Å². The Bertz CT molecular complexity index is 880. The summed E-state index contributed by atoms with van der Waals surface area (Å²) in [5.74, 6) is 0.862. The van der Waals surface area contributed by atoms with Crippen molar-refractivity contribution >= 4 is 29.4 Å². The summed E-state index contributed by atoms with van der Waals surface area (Å²) >= 11 is 1.59. The van der Waals surface area contributed by atoms with E-state index in [4.69, 9.17) is 4.74 Å². The molecule has 0 saturated carbocycles. The molecule has 25 heavy (non-hydrogen) atoms. The highest BCUT2D eigenvalue weighted by Gasteiger charge is 2.28. The molecule has 2 aromatic rings. The number of ether oxygens (including phenoxy) is 1. The number of hydrogen-bond donors (Lipinski definition) is 1. The summed E-state index contributed by atoms with van der Waals surface area (Å²) in [5.41, 5.74) is 2.13. The predicted molar refractivity (Wildman–Crippen MR) is 97.8 cm³/mol. The Morgan fingerprint density at radius 3 is 3.08 bits per heavy atom. The summed E-state index contributed by atoms with van der Waals surface area (Å²) < 4.78 is 5.37. The van der Waals surface area contributed by atoms with E-state index in [1.807, 2.05) is 29.3 Å². The van der Waals surface area contributed by atoms with Gasteiger partial charge < -0.3 is 15.0 Å². The normalized spacial score (nSPS) is 15.5. The Morgan fingerprint density at radius 2 is 2.28 bits per heavy atom. The molecule has 1 aromatic heterocycles. The molecule has 4 rings (SSSR count). The van der Waals surface area contributed by atoms with Gasteiger partial charge in [-0.1, -0.05) is 11.8 Å². The lowest BCUT2D eigenvalue weighted by atomic mass is 10.0. The molecule has 0 radical (unpaired) electrons. The zero-order chi connectivity index (χ0) is 17.2. The van der Waals surface area contributed by atoms with Crippen molar-refractivity contribution in [3.05, 3.63) is 64.7 Å². The van der Waals surface area contributed by atoms with Crippen LogP contribution in [0.25, 0.3) is 0 Å². The van der Waals surface area contributed by atoms with Gasteiger partial charge >= 0.3 is 0 Å². The summed E-state index contributed by atoms with van der Waals surface area (Å²) in [5, 5.41) is 4.24. The minimum absolute atomic E-state index is 0.0485. The summed E-state index contributed by atoms with van der Waals surface area (Å²) in [7, 11) is 1.65. The highest BCUT2D eigenvalue weighted by molar-refractivity contribution is 8.03. The minimum atomic E-state index is -0.0485. The van der Waals surface area contributed by atoms with Crippen LogP contribution in [-0.2, 0) is 4.74 Å². The number of carbonyl (C=O) groups excluding carboxylic acids is 1. The SMILES string of the molecule is COCN1C2=C(N=CCN2)Sc2ccc(C(=O)c3cccnc3)cc21. The Kier molecular flexibility index (Phi) is 4.25. The molecule has 7 heteroatoms. The number of methoxy groups -OCH3 is 1. The first-order chi connectivity index (χ1) is 12.3. The number of thioether (sulfide) groups is 1. The van der Waals surface area contributed by atoms with Crippen LogP contribution >= 0.6 is 11.8 Å². The number of aliphatic imine (C=N–C) groups is 1. The molecule has 1 N–H and O–H groups in total. The molecule has 0 aliphatic carbocycles. The largest absolute Gasteiger partial charge is 0.364 e. The van der Waals surface area contributed by atoms with Crippen molar-refractivity contribution in [1.82, 2.24) is 10.3 Å². The first kappa shape index (κ1) is 15.9. The molecule has 0 unspecified atom stereocenters. The van der Waals surface area contributed by atoms with Crippen molar-refractivity contribution in [3.63, 3.8) is 0 Å².